The van der Waals surface area contributed by atoms with E-state index in [2.05, 4.69) is 16.7 Å². The quantitative estimate of drug-likeness (QED) is 0.849. The Morgan fingerprint density at radius 1 is 1.19 bits per heavy atom. The van der Waals surface area contributed by atoms with Gasteiger partial charge in [0.2, 0.25) is 11.8 Å². The fraction of sp³-hybridized carbons (Fsp3) is 0.333. The molecule has 0 saturated heterocycles. The van der Waals surface area contributed by atoms with Gasteiger partial charge in [-0.25, -0.2) is 0 Å². The number of methoxy groups -OCH3 is 1. The van der Waals surface area contributed by atoms with E-state index in [0.717, 1.165) is 18.5 Å². The highest BCUT2D eigenvalue weighted by atomic mass is 16.5. The monoisotopic (exact) mass is 367 g/mol. The van der Waals surface area contributed by atoms with Crippen LogP contribution in [-0.4, -0.2) is 31.5 Å². The van der Waals surface area contributed by atoms with Gasteiger partial charge >= 0.3 is 0 Å². The van der Waals surface area contributed by atoms with Crippen molar-refractivity contribution in [2.75, 3.05) is 29.2 Å². The summed E-state index contributed by atoms with van der Waals surface area (Å²) in [5.74, 6) is 0.470. The molecule has 0 radical (unpaired) electrons. The number of anilines is 3. The molecule has 27 heavy (non-hydrogen) atoms. The molecule has 1 atom stereocenters. The lowest BCUT2D eigenvalue weighted by Gasteiger charge is -2.32. The number of ether oxygens (including phenoxy) is 1. The maximum atomic E-state index is 13.1. The van der Waals surface area contributed by atoms with Gasteiger partial charge in [0.15, 0.2) is 0 Å². The normalized spacial score (nSPS) is 14.1. The second kappa shape index (κ2) is 8.12. The van der Waals surface area contributed by atoms with Crippen molar-refractivity contribution in [3.63, 3.8) is 0 Å². The van der Waals surface area contributed by atoms with Gasteiger partial charge in [-0.1, -0.05) is 18.2 Å². The Morgan fingerprint density at radius 2 is 1.96 bits per heavy atom. The van der Waals surface area contributed by atoms with Crippen molar-refractivity contribution in [2.24, 2.45) is 0 Å². The number of carbonyl (C=O) groups is 2. The summed E-state index contributed by atoms with van der Waals surface area (Å²) in [6.45, 7) is 4.01. The number of carbonyl (C=O) groups excluding carboxylic acids is 2. The van der Waals surface area contributed by atoms with Crippen LogP contribution in [0.4, 0.5) is 17.1 Å². The topological polar surface area (TPSA) is 70.7 Å². The number of nitrogens with zero attached hydrogens (tertiary/aromatic N) is 1. The molecule has 2 aromatic carbocycles. The third-order valence-corrected chi connectivity index (χ3v) is 4.64. The fourth-order valence-electron chi connectivity index (χ4n) is 3.39. The molecule has 2 amide bonds. The van der Waals surface area contributed by atoms with Gasteiger partial charge in [-0.05, 0) is 49.6 Å². The van der Waals surface area contributed by atoms with Crippen LogP contribution in [0.25, 0.3) is 0 Å². The van der Waals surface area contributed by atoms with Gasteiger partial charge in [-0.2, -0.15) is 0 Å². The standard InChI is InChI=1S/C21H25N3O3/c1-14(21(26)24-12-6-8-16-7-4-5-9-19(16)24)22-18-13-17(23-15(2)25)10-11-20(18)27-3/h4-5,7,9-11,13-14,22H,6,8,12H2,1-3H3,(H,23,25)/t14-/m0/s1. The van der Waals surface area contributed by atoms with E-state index in [9.17, 15) is 9.59 Å². The molecule has 6 nitrogen and oxygen atoms in total. The highest BCUT2D eigenvalue weighted by Crippen LogP contribution is 2.30. The van der Waals surface area contributed by atoms with Crippen molar-refractivity contribution >= 4 is 28.9 Å². The Balaban J connectivity index is 1.80. The number of hydrogen-bond acceptors (Lipinski definition) is 4. The molecule has 142 valence electrons. The predicted molar refractivity (Wildman–Crippen MR) is 107 cm³/mol. The largest absolute Gasteiger partial charge is 0.495 e. The Bertz CT molecular complexity index is 850. The van der Waals surface area contributed by atoms with E-state index in [0.29, 0.717) is 23.7 Å². The molecule has 6 heteroatoms. The number of aryl methyl sites for hydroxylation is 1. The number of amides is 2. The molecule has 1 aliphatic heterocycles. The van der Waals surface area contributed by atoms with E-state index < -0.39 is 6.04 Å². The van der Waals surface area contributed by atoms with Crippen molar-refractivity contribution in [2.45, 2.75) is 32.7 Å². The van der Waals surface area contributed by atoms with Crippen LogP contribution >= 0.6 is 0 Å². The minimum atomic E-state index is -0.447. The molecule has 0 bridgehead atoms. The van der Waals surface area contributed by atoms with Gasteiger partial charge in [0.05, 0.1) is 12.8 Å². The summed E-state index contributed by atoms with van der Waals surface area (Å²) >= 11 is 0. The van der Waals surface area contributed by atoms with Crippen LogP contribution in [0.5, 0.6) is 5.75 Å². The first kappa shape index (κ1) is 18.8. The van der Waals surface area contributed by atoms with Crippen LogP contribution in [0.1, 0.15) is 25.8 Å². The number of benzene rings is 2. The van der Waals surface area contributed by atoms with Crippen LogP contribution < -0.4 is 20.3 Å². The number of fused-ring (bicyclic) bond motifs is 1. The zero-order valence-electron chi connectivity index (χ0n) is 15.9. The summed E-state index contributed by atoms with van der Waals surface area (Å²) in [7, 11) is 1.58. The molecule has 0 fully saturated rings. The van der Waals surface area contributed by atoms with Gasteiger partial charge < -0.3 is 20.3 Å². The number of nitrogens with one attached hydrogen (secondary N) is 2. The molecule has 0 saturated carbocycles. The summed E-state index contributed by atoms with van der Waals surface area (Å²) < 4.78 is 5.39. The van der Waals surface area contributed by atoms with Crippen LogP contribution in [0.2, 0.25) is 0 Å². The minimum Gasteiger partial charge on any atom is -0.495 e. The molecule has 2 aromatic rings. The number of hydrogen-bond donors (Lipinski definition) is 2. The van der Waals surface area contributed by atoms with Crippen LogP contribution in [0, 0.1) is 0 Å². The zero-order chi connectivity index (χ0) is 19.4. The summed E-state index contributed by atoms with van der Waals surface area (Å²) in [4.78, 5) is 26.2. The third kappa shape index (κ3) is 4.22. The molecule has 2 N–H and O–H groups in total. The lowest BCUT2D eigenvalue weighted by Crippen LogP contribution is -2.44. The average Bonchev–Trinajstić information content (AvgIpc) is 2.66. The van der Waals surface area contributed by atoms with Crippen LogP contribution in [0.3, 0.4) is 0 Å². The molecule has 3 rings (SSSR count). The van der Waals surface area contributed by atoms with Crippen molar-refractivity contribution in [1.82, 2.24) is 0 Å². The molecule has 0 aromatic heterocycles. The maximum Gasteiger partial charge on any atom is 0.249 e. The molecule has 0 aliphatic carbocycles. The van der Waals surface area contributed by atoms with E-state index in [1.807, 2.05) is 30.0 Å². The molecular formula is C21H25N3O3. The summed E-state index contributed by atoms with van der Waals surface area (Å²) in [6.07, 6.45) is 1.95. The Kier molecular flexibility index (Phi) is 5.64. The minimum absolute atomic E-state index is 0.00846. The van der Waals surface area contributed by atoms with Crippen molar-refractivity contribution in [3.8, 4) is 5.75 Å². The lowest BCUT2D eigenvalue weighted by atomic mass is 10.0. The molecule has 0 spiro atoms. The summed E-state index contributed by atoms with van der Waals surface area (Å²) in [5.41, 5.74) is 3.50. The second-order valence-electron chi connectivity index (χ2n) is 6.68. The Morgan fingerprint density at radius 3 is 2.70 bits per heavy atom. The first-order chi connectivity index (χ1) is 13.0. The SMILES string of the molecule is COc1ccc(NC(C)=O)cc1N[C@@H](C)C(=O)N1CCCc2ccccc21. The van der Waals surface area contributed by atoms with Crippen molar-refractivity contribution < 1.29 is 14.3 Å². The molecular weight excluding hydrogens is 342 g/mol. The van der Waals surface area contributed by atoms with Gasteiger partial charge in [0, 0.05) is 24.8 Å². The van der Waals surface area contributed by atoms with Crippen molar-refractivity contribution in [3.05, 3.63) is 48.0 Å². The van der Waals surface area contributed by atoms with Gasteiger partial charge in [-0.15, -0.1) is 0 Å². The summed E-state index contributed by atoms with van der Waals surface area (Å²) in [5, 5.41) is 5.98. The average molecular weight is 367 g/mol. The smallest absolute Gasteiger partial charge is 0.249 e. The van der Waals surface area contributed by atoms with Crippen molar-refractivity contribution in [1.29, 1.82) is 0 Å². The van der Waals surface area contributed by atoms with E-state index in [-0.39, 0.29) is 11.8 Å². The predicted octanol–water partition coefficient (Wildman–Crippen LogP) is 3.43. The first-order valence-corrected chi connectivity index (χ1v) is 9.11. The second-order valence-corrected chi connectivity index (χ2v) is 6.68. The number of rotatable bonds is 5. The highest BCUT2D eigenvalue weighted by molar-refractivity contribution is 5.99. The Labute approximate surface area is 159 Å². The number of para-hydroxylation sites is 1. The summed E-state index contributed by atoms with van der Waals surface area (Å²) in [6, 6.07) is 12.9. The molecule has 1 aliphatic rings. The van der Waals surface area contributed by atoms with Crippen LogP contribution in [-0.2, 0) is 16.0 Å². The third-order valence-electron chi connectivity index (χ3n) is 4.64. The van der Waals surface area contributed by atoms with E-state index in [1.54, 1.807) is 25.3 Å². The van der Waals surface area contributed by atoms with Gasteiger partial charge in [0.25, 0.3) is 0 Å². The van der Waals surface area contributed by atoms with Crippen LogP contribution in [0.15, 0.2) is 42.5 Å². The first-order valence-electron chi connectivity index (χ1n) is 9.11. The fourth-order valence-corrected chi connectivity index (χ4v) is 3.39. The Hall–Kier alpha value is -3.02. The van der Waals surface area contributed by atoms with E-state index in [1.165, 1.54) is 12.5 Å². The maximum absolute atomic E-state index is 13.1. The van der Waals surface area contributed by atoms with Gasteiger partial charge in [0.1, 0.15) is 11.8 Å². The highest BCUT2D eigenvalue weighted by Gasteiger charge is 2.26. The molecule has 1 heterocycles. The molecule has 0 unspecified atom stereocenters. The zero-order valence-corrected chi connectivity index (χ0v) is 15.9. The van der Waals surface area contributed by atoms with Gasteiger partial charge in [-0.3, -0.25) is 9.59 Å². The van der Waals surface area contributed by atoms with E-state index in [4.69, 9.17) is 4.74 Å². The lowest BCUT2D eigenvalue weighted by molar-refractivity contribution is -0.119. The van der Waals surface area contributed by atoms with E-state index >= 15 is 0 Å².